The lowest BCUT2D eigenvalue weighted by atomic mass is 9.97. The van der Waals surface area contributed by atoms with Gasteiger partial charge in [-0.3, -0.25) is 14.9 Å². The van der Waals surface area contributed by atoms with Crippen LogP contribution in [0.5, 0.6) is 0 Å². The summed E-state index contributed by atoms with van der Waals surface area (Å²) < 4.78 is 4.96. The monoisotopic (exact) mass is 397 g/mol. The van der Waals surface area contributed by atoms with Gasteiger partial charge in [-0.15, -0.1) is 0 Å². The molecule has 1 aliphatic rings. The number of H-pyrrole nitrogens is 1. The number of urea groups is 1. The maximum absolute atomic E-state index is 12.3. The summed E-state index contributed by atoms with van der Waals surface area (Å²) in [4.78, 5) is 50.3. The lowest BCUT2D eigenvalue weighted by Crippen LogP contribution is -2.41. The Hall–Kier alpha value is -3.42. The molecule has 1 aromatic carbocycles. The molecule has 1 aromatic heterocycles. The summed E-state index contributed by atoms with van der Waals surface area (Å²) in [6.07, 6.45) is 7.46. The standard InChI is InChI=1S/C21H23N3O5/c25-18-12-16(15-8-4-5-9-17(15)23-18)20(27)29-13-19(26)24-21(28)22-11-10-14-6-2-1-3-7-14/h4-6,8-9,12H,1-3,7,10-11,13H2,(H,23,25)(H2,22,24,26,28). The van der Waals surface area contributed by atoms with Crippen molar-refractivity contribution >= 4 is 28.8 Å². The van der Waals surface area contributed by atoms with Crippen molar-refractivity contribution in [3.8, 4) is 0 Å². The molecule has 0 saturated carbocycles. The van der Waals surface area contributed by atoms with Crippen molar-refractivity contribution in [2.75, 3.05) is 13.2 Å². The van der Waals surface area contributed by atoms with Crippen molar-refractivity contribution in [1.82, 2.24) is 15.6 Å². The molecule has 0 unspecified atom stereocenters. The number of imide groups is 1. The predicted octanol–water partition coefficient (Wildman–Crippen LogP) is 2.40. The van der Waals surface area contributed by atoms with Crippen molar-refractivity contribution in [2.45, 2.75) is 32.1 Å². The van der Waals surface area contributed by atoms with Crippen LogP contribution >= 0.6 is 0 Å². The molecule has 1 heterocycles. The number of pyridine rings is 1. The number of hydrogen-bond donors (Lipinski definition) is 3. The summed E-state index contributed by atoms with van der Waals surface area (Å²) in [6.45, 7) is -0.192. The highest BCUT2D eigenvalue weighted by Crippen LogP contribution is 2.19. The molecule has 8 heteroatoms. The number of allylic oxidation sites excluding steroid dienone is 1. The highest BCUT2D eigenvalue weighted by Gasteiger charge is 2.16. The van der Waals surface area contributed by atoms with Crippen molar-refractivity contribution in [2.24, 2.45) is 0 Å². The fourth-order valence-electron chi connectivity index (χ4n) is 3.26. The summed E-state index contributed by atoms with van der Waals surface area (Å²) in [7, 11) is 0. The van der Waals surface area contributed by atoms with E-state index in [0.29, 0.717) is 17.4 Å². The first-order valence-corrected chi connectivity index (χ1v) is 9.58. The molecule has 152 valence electrons. The average molecular weight is 397 g/mol. The van der Waals surface area contributed by atoms with Crippen LogP contribution in [0.15, 0.2) is 46.8 Å². The third kappa shape index (κ3) is 5.78. The van der Waals surface area contributed by atoms with Crippen LogP contribution in [0.1, 0.15) is 42.5 Å². The van der Waals surface area contributed by atoms with Crippen LogP contribution in [0.2, 0.25) is 0 Å². The lowest BCUT2D eigenvalue weighted by molar-refractivity contribution is -0.123. The molecule has 8 nitrogen and oxygen atoms in total. The lowest BCUT2D eigenvalue weighted by Gasteiger charge is -2.13. The van der Waals surface area contributed by atoms with Gasteiger partial charge >= 0.3 is 12.0 Å². The molecule has 0 bridgehead atoms. The van der Waals surface area contributed by atoms with Gasteiger partial charge in [-0.05, 0) is 38.2 Å². The Morgan fingerprint density at radius 3 is 2.76 bits per heavy atom. The number of nitrogens with one attached hydrogen (secondary N) is 3. The van der Waals surface area contributed by atoms with Gasteiger partial charge in [0, 0.05) is 23.5 Å². The highest BCUT2D eigenvalue weighted by atomic mass is 16.5. The zero-order chi connectivity index (χ0) is 20.6. The molecule has 0 aliphatic heterocycles. The largest absolute Gasteiger partial charge is 0.452 e. The zero-order valence-corrected chi connectivity index (χ0v) is 16.0. The van der Waals surface area contributed by atoms with Gasteiger partial charge < -0.3 is 15.0 Å². The third-order valence-corrected chi connectivity index (χ3v) is 4.67. The van der Waals surface area contributed by atoms with Crippen molar-refractivity contribution < 1.29 is 19.1 Å². The molecule has 0 radical (unpaired) electrons. The molecule has 0 saturated heterocycles. The molecular weight excluding hydrogens is 374 g/mol. The SMILES string of the molecule is O=C(COC(=O)c1cc(=O)[nH]c2ccccc12)NC(=O)NCCC1=CCCCC1. The number of ether oxygens (including phenoxy) is 1. The Balaban J connectivity index is 1.46. The zero-order valence-electron chi connectivity index (χ0n) is 16.0. The summed E-state index contributed by atoms with van der Waals surface area (Å²) in [5, 5.41) is 5.24. The van der Waals surface area contributed by atoms with E-state index in [4.69, 9.17) is 4.74 Å². The number of carbonyl (C=O) groups excluding carboxylic acids is 3. The van der Waals surface area contributed by atoms with Crippen LogP contribution in [-0.4, -0.2) is 36.0 Å². The Bertz CT molecular complexity index is 1010. The van der Waals surface area contributed by atoms with Crippen LogP contribution in [0.3, 0.4) is 0 Å². The minimum Gasteiger partial charge on any atom is -0.452 e. The van der Waals surface area contributed by atoms with Gasteiger partial charge in [0.15, 0.2) is 6.61 Å². The van der Waals surface area contributed by atoms with Gasteiger partial charge in [0.2, 0.25) is 5.56 Å². The van der Waals surface area contributed by atoms with Gasteiger partial charge in [0.1, 0.15) is 0 Å². The molecule has 0 atom stereocenters. The fraction of sp³-hybridized carbons (Fsp3) is 0.333. The number of rotatable bonds is 6. The van der Waals surface area contributed by atoms with E-state index in [-0.39, 0.29) is 5.56 Å². The van der Waals surface area contributed by atoms with Gasteiger partial charge in [-0.1, -0.05) is 29.8 Å². The second kappa shape index (κ2) is 9.68. The van der Waals surface area contributed by atoms with E-state index in [1.807, 2.05) is 0 Å². The van der Waals surface area contributed by atoms with Crippen LogP contribution < -0.4 is 16.2 Å². The highest BCUT2D eigenvalue weighted by molar-refractivity contribution is 6.04. The smallest absolute Gasteiger partial charge is 0.339 e. The first-order chi connectivity index (χ1) is 14.0. The Morgan fingerprint density at radius 1 is 1.14 bits per heavy atom. The van der Waals surface area contributed by atoms with Crippen molar-refractivity contribution in [3.63, 3.8) is 0 Å². The third-order valence-electron chi connectivity index (χ3n) is 4.67. The fourth-order valence-corrected chi connectivity index (χ4v) is 3.26. The van der Waals surface area contributed by atoms with Gasteiger partial charge in [0.25, 0.3) is 5.91 Å². The molecule has 2 aromatic rings. The van der Waals surface area contributed by atoms with E-state index in [2.05, 4.69) is 21.7 Å². The average Bonchev–Trinajstić information content (AvgIpc) is 2.72. The van der Waals surface area contributed by atoms with Crippen molar-refractivity contribution in [1.29, 1.82) is 0 Å². The molecule has 3 N–H and O–H groups in total. The van der Waals surface area contributed by atoms with Crippen LogP contribution in [0, 0.1) is 0 Å². The molecule has 0 fully saturated rings. The van der Waals surface area contributed by atoms with Gasteiger partial charge in [-0.25, -0.2) is 9.59 Å². The minimum atomic E-state index is -0.813. The van der Waals surface area contributed by atoms with Crippen LogP contribution in [0.25, 0.3) is 10.9 Å². The molecule has 1 aliphatic carbocycles. The first kappa shape index (κ1) is 20.3. The maximum atomic E-state index is 12.3. The van der Waals surface area contributed by atoms with E-state index in [1.165, 1.54) is 18.4 Å². The number of para-hydroxylation sites is 1. The van der Waals surface area contributed by atoms with E-state index >= 15 is 0 Å². The number of fused-ring (bicyclic) bond motifs is 1. The topological polar surface area (TPSA) is 117 Å². The molecular formula is C21H23N3O5. The first-order valence-electron chi connectivity index (χ1n) is 9.58. The van der Waals surface area contributed by atoms with E-state index in [0.717, 1.165) is 25.3 Å². The molecule has 3 amide bonds. The van der Waals surface area contributed by atoms with Crippen LogP contribution in [0.4, 0.5) is 4.79 Å². The number of benzene rings is 1. The number of carbonyl (C=O) groups is 3. The summed E-state index contributed by atoms with van der Waals surface area (Å²) in [5.74, 6) is -1.56. The van der Waals surface area contributed by atoms with E-state index in [9.17, 15) is 19.2 Å². The number of aromatic nitrogens is 1. The maximum Gasteiger partial charge on any atom is 0.339 e. The minimum absolute atomic E-state index is 0.0577. The van der Waals surface area contributed by atoms with Crippen molar-refractivity contribution in [3.05, 3.63) is 57.9 Å². The van der Waals surface area contributed by atoms with Gasteiger partial charge in [0.05, 0.1) is 5.56 Å². The predicted molar refractivity (Wildman–Crippen MR) is 108 cm³/mol. The Morgan fingerprint density at radius 2 is 1.97 bits per heavy atom. The van der Waals surface area contributed by atoms with E-state index in [1.54, 1.807) is 24.3 Å². The summed E-state index contributed by atoms with van der Waals surface area (Å²) in [5.41, 5.74) is 1.42. The molecule has 0 spiro atoms. The van der Waals surface area contributed by atoms with Crippen LogP contribution in [-0.2, 0) is 9.53 Å². The number of hydrogen-bond acceptors (Lipinski definition) is 5. The quantitative estimate of drug-likeness (QED) is 0.511. The Labute approximate surface area is 167 Å². The van der Waals surface area contributed by atoms with Gasteiger partial charge in [-0.2, -0.15) is 0 Å². The number of esters is 1. The number of aromatic amines is 1. The second-order valence-electron chi connectivity index (χ2n) is 6.83. The molecule has 3 rings (SSSR count). The van der Waals surface area contributed by atoms with E-state index < -0.39 is 30.1 Å². The molecule has 29 heavy (non-hydrogen) atoms. The summed E-state index contributed by atoms with van der Waals surface area (Å²) in [6, 6.07) is 7.26. The Kier molecular flexibility index (Phi) is 6.78. The second-order valence-corrected chi connectivity index (χ2v) is 6.83. The normalized spacial score (nSPS) is 13.4. The number of amides is 3. The summed E-state index contributed by atoms with van der Waals surface area (Å²) >= 11 is 0.